The number of hydrogen-bond donors (Lipinski definition) is 3. The second kappa shape index (κ2) is 8.75. The zero-order chi connectivity index (χ0) is 26.9. The number of anilines is 1. The molecule has 0 saturated heterocycles. The van der Waals surface area contributed by atoms with E-state index in [-0.39, 0.29) is 30.8 Å². The van der Waals surface area contributed by atoms with Crippen molar-refractivity contribution in [1.82, 2.24) is 4.90 Å². The van der Waals surface area contributed by atoms with Crippen molar-refractivity contribution < 1.29 is 38.9 Å². The summed E-state index contributed by atoms with van der Waals surface area (Å²) >= 11 is 0. The summed E-state index contributed by atoms with van der Waals surface area (Å²) in [4.78, 5) is 69.4. The molecule has 4 rings (SSSR count). The van der Waals surface area contributed by atoms with Crippen LogP contribution in [0.2, 0.25) is 0 Å². The number of amides is 1. The summed E-state index contributed by atoms with van der Waals surface area (Å²) in [5.41, 5.74) is 4.13. The molecule has 0 radical (unpaired) electrons. The highest BCUT2D eigenvalue weighted by molar-refractivity contribution is 6.32. The van der Waals surface area contributed by atoms with E-state index in [2.05, 4.69) is 0 Å². The molecule has 0 spiro atoms. The van der Waals surface area contributed by atoms with Crippen LogP contribution in [-0.2, 0) is 36.9 Å². The molecule has 0 bridgehead atoms. The Hall–Kier alpha value is -3.15. The lowest BCUT2D eigenvalue weighted by atomic mass is 9.52. The number of aliphatic hydroxyl groups is 1. The smallest absolute Gasteiger partial charge is 0.235 e. The maximum atomic E-state index is 13.8. The number of phenolic OH excluding ortho intramolecular Hbond substituents is 1. The monoisotopic (exact) mass is 501 g/mol. The standard InChI is InChI=1S/C25H31N3O8/c1-27(2)14-8-11(9-36-5)19(29)16-12(14)6-10-7-13-18(28(3)4)21(31)17(24(26)34)23(33)25(13,35)22(32)15(10)20(16)30/h8,10,13,15,17-18,29,35H,6-7,9H2,1-5H3,(H2,26,34)/t10-,13-,15?,17?,18-,25-/m1/s1. The summed E-state index contributed by atoms with van der Waals surface area (Å²) in [6.07, 6.45) is 0.220. The first-order chi connectivity index (χ1) is 16.8. The fourth-order valence-corrected chi connectivity index (χ4v) is 6.37. The largest absolute Gasteiger partial charge is 0.507 e. The van der Waals surface area contributed by atoms with Gasteiger partial charge >= 0.3 is 0 Å². The molecule has 0 heterocycles. The third kappa shape index (κ3) is 3.40. The fourth-order valence-electron chi connectivity index (χ4n) is 6.37. The van der Waals surface area contributed by atoms with Crippen LogP contribution in [0.1, 0.15) is 27.9 Å². The summed E-state index contributed by atoms with van der Waals surface area (Å²) in [7, 11) is 8.12. The van der Waals surface area contributed by atoms with Gasteiger partial charge in [0.05, 0.1) is 24.1 Å². The lowest BCUT2D eigenvalue weighted by molar-refractivity contribution is -0.181. The number of carbonyl (C=O) groups excluding carboxylic acids is 5. The van der Waals surface area contributed by atoms with Crippen molar-refractivity contribution in [3.05, 3.63) is 22.8 Å². The van der Waals surface area contributed by atoms with Crippen molar-refractivity contribution in [3.8, 4) is 5.75 Å². The third-order valence-electron chi connectivity index (χ3n) is 7.90. The minimum atomic E-state index is -2.74. The topological polar surface area (TPSA) is 168 Å². The van der Waals surface area contributed by atoms with Crippen molar-refractivity contribution in [3.63, 3.8) is 0 Å². The first-order valence-electron chi connectivity index (χ1n) is 11.7. The van der Waals surface area contributed by atoms with Gasteiger partial charge in [-0.15, -0.1) is 0 Å². The van der Waals surface area contributed by atoms with Crippen LogP contribution in [0.25, 0.3) is 0 Å². The number of benzene rings is 1. The molecule has 1 aromatic carbocycles. The number of methoxy groups -OCH3 is 1. The van der Waals surface area contributed by atoms with E-state index in [9.17, 15) is 34.2 Å². The normalized spacial score (nSPS) is 31.7. The van der Waals surface area contributed by atoms with Crippen LogP contribution in [0.5, 0.6) is 5.75 Å². The van der Waals surface area contributed by atoms with E-state index in [0.29, 0.717) is 16.8 Å². The number of likely N-dealkylation sites (N-methyl/N-ethyl adjacent to an activating group) is 1. The van der Waals surface area contributed by atoms with Gasteiger partial charge in [0.15, 0.2) is 34.7 Å². The van der Waals surface area contributed by atoms with Crippen LogP contribution in [0.3, 0.4) is 0 Å². The second-order valence-corrected chi connectivity index (χ2v) is 10.4. The summed E-state index contributed by atoms with van der Waals surface area (Å²) < 4.78 is 5.15. The molecule has 0 aliphatic heterocycles. The van der Waals surface area contributed by atoms with E-state index < -0.39 is 64.4 Å². The molecule has 1 amide bonds. The maximum Gasteiger partial charge on any atom is 0.235 e. The Morgan fingerprint density at radius 2 is 1.81 bits per heavy atom. The van der Waals surface area contributed by atoms with Gasteiger partial charge in [-0.05, 0) is 44.5 Å². The highest BCUT2D eigenvalue weighted by Gasteiger charge is 2.69. The molecule has 11 nitrogen and oxygen atoms in total. The predicted molar refractivity (Wildman–Crippen MR) is 126 cm³/mol. The number of phenols is 1. The van der Waals surface area contributed by atoms with E-state index in [1.54, 1.807) is 39.2 Å². The molecule has 3 aliphatic carbocycles. The molecule has 11 heteroatoms. The molecular formula is C25H31N3O8. The number of Topliss-reactive ketones (excluding diaryl/α,β-unsaturated/α-hetero) is 4. The lowest BCUT2D eigenvalue weighted by Crippen LogP contribution is -2.74. The van der Waals surface area contributed by atoms with Gasteiger partial charge in [0.1, 0.15) is 5.75 Å². The average Bonchev–Trinajstić information content (AvgIpc) is 2.77. The summed E-state index contributed by atoms with van der Waals surface area (Å²) in [6, 6.07) is 0.595. The molecule has 2 saturated carbocycles. The van der Waals surface area contributed by atoms with Gasteiger partial charge < -0.3 is 25.6 Å². The Morgan fingerprint density at radius 1 is 1.17 bits per heavy atom. The van der Waals surface area contributed by atoms with Crippen LogP contribution in [0, 0.1) is 23.7 Å². The Kier molecular flexibility index (Phi) is 6.30. The lowest BCUT2D eigenvalue weighted by Gasteiger charge is -2.52. The molecule has 6 atom stereocenters. The number of rotatable bonds is 5. The zero-order valence-corrected chi connectivity index (χ0v) is 20.9. The number of fused-ring (bicyclic) bond motifs is 3. The highest BCUT2D eigenvalue weighted by atomic mass is 16.5. The molecule has 2 unspecified atom stereocenters. The molecule has 1 aromatic rings. The van der Waals surface area contributed by atoms with Gasteiger partial charge in [-0.25, -0.2) is 0 Å². The Labute approximate surface area is 208 Å². The number of nitrogens with zero attached hydrogens (tertiary/aromatic N) is 2. The van der Waals surface area contributed by atoms with Crippen molar-refractivity contribution in [2.24, 2.45) is 29.4 Å². The van der Waals surface area contributed by atoms with Crippen molar-refractivity contribution in [2.45, 2.75) is 31.1 Å². The van der Waals surface area contributed by atoms with Gasteiger partial charge in [0, 0.05) is 38.4 Å². The number of hydrogen-bond acceptors (Lipinski definition) is 10. The summed E-state index contributed by atoms with van der Waals surface area (Å²) in [5, 5.41) is 22.6. The van der Waals surface area contributed by atoms with Gasteiger partial charge in [-0.1, -0.05) is 0 Å². The Bertz CT molecular complexity index is 1190. The predicted octanol–water partition coefficient (Wildman–Crippen LogP) is -0.921. The van der Waals surface area contributed by atoms with Crippen molar-refractivity contribution >= 4 is 34.7 Å². The highest BCUT2D eigenvalue weighted by Crippen LogP contribution is 2.52. The number of nitrogens with two attached hydrogens (primary N) is 1. The van der Waals surface area contributed by atoms with E-state index >= 15 is 0 Å². The first-order valence-corrected chi connectivity index (χ1v) is 11.7. The molecule has 2 fully saturated rings. The molecule has 36 heavy (non-hydrogen) atoms. The van der Waals surface area contributed by atoms with Crippen LogP contribution < -0.4 is 10.6 Å². The number of ketones is 4. The molecule has 3 aliphatic rings. The molecule has 194 valence electrons. The number of ether oxygens (including phenoxy) is 1. The van der Waals surface area contributed by atoms with E-state index in [1.807, 2.05) is 0 Å². The van der Waals surface area contributed by atoms with Crippen molar-refractivity contribution in [2.75, 3.05) is 40.2 Å². The molecule has 0 aromatic heterocycles. The van der Waals surface area contributed by atoms with Crippen LogP contribution in [0.15, 0.2) is 6.07 Å². The number of aromatic hydroxyl groups is 1. The van der Waals surface area contributed by atoms with Crippen molar-refractivity contribution in [1.29, 1.82) is 0 Å². The minimum Gasteiger partial charge on any atom is -0.507 e. The average molecular weight is 502 g/mol. The number of primary amides is 1. The summed E-state index contributed by atoms with van der Waals surface area (Å²) in [6.45, 7) is 0.0205. The van der Waals surface area contributed by atoms with Gasteiger partial charge in [-0.2, -0.15) is 0 Å². The Balaban J connectivity index is 1.90. The maximum absolute atomic E-state index is 13.8. The van der Waals surface area contributed by atoms with Crippen LogP contribution in [0.4, 0.5) is 5.69 Å². The van der Waals surface area contributed by atoms with E-state index in [4.69, 9.17) is 10.5 Å². The first kappa shape index (κ1) is 25.9. The minimum absolute atomic E-state index is 0.0113. The van der Waals surface area contributed by atoms with E-state index in [1.165, 1.54) is 12.0 Å². The van der Waals surface area contributed by atoms with Crippen LogP contribution >= 0.6 is 0 Å². The quantitative estimate of drug-likeness (QED) is 0.429. The SMILES string of the molecule is COCc1cc(N(C)C)c2c(c1O)C(=O)C1C(=O)[C@@]3(O)C(=O)C(C(N)=O)C(=O)[C@H](N(C)C)[C@H]3C[C@H]1C2. The number of carbonyl (C=O) groups is 5. The van der Waals surface area contributed by atoms with Gasteiger partial charge in [0.25, 0.3) is 0 Å². The van der Waals surface area contributed by atoms with Gasteiger partial charge in [0.2, 0.25) is 5.91 Å². The zero-order valence-electron chi connectivity index (χ0n) is 20.9. The Morgan fingerprint density at radius 3 is 2.33 bits per heavy atom. The third-order valence-corrected chi connectivity index (χ3v) is 7.90. The summed E-state index contributed by atoms with van der Waals surface area (Å²) in [5.74, 6) is -10.6. The van der Waals surface area contributed by atoms with Crippen LogP contribution in [-0.4, -0.2) is 91.1 Å². The van der Waals surface area contributed by atoms with E-state index in [0.717, 1.165) is 0 Å². The molecule has 4 N–H and O–H groups in total. The second-order valence-electron chi connectivity index (χ2n) is 10.4. The van der Waals surface area contributed by atoms with Gasteiger partial charge in [-0.3, -0.25) is 28.9 Å². The fraction of sp³-hybridized carbons (Fsp3) is 0.560. The molecular weight excluding hydrogens is 470 g/mol.